The Kier molecular flexibility index (Phi) is 4.22. The lowest BCUT2D eigenvalue weighted by atomic mass is 9.74. The second-order valence-electron chi connectivity index (χ2n) is 5.32. The molecule has 0 spiro atoms. The normalized spacial score (nSPS) is 30.2. The summed E-state index contributed by atoms with van der Waals surface area (Å²) in [6, 6.07) is 0. The van der Waals surface area contributed by atoms with Crippen LogP contribution in [0, 0.1) is 17.8 Å². The van der Waals surface area contributed by atoms with E-state index in [1.807, 2.05) is 4.90 Å². The van der Waals surface area contributed by atoms with Gasteiger partial charge in [0.25, 0.3) is 0 Å². The zero-order valence-corrected chi connectivity index (χ0v) is 10.8. The Labute approximate surface area is 107 Å². The number of piperidine rings is 1. The van der Waals surface area contributed by atoms with E-state index in [0.717, 1.165) is 32.4 Å². The number of rotatable bonds is 2. The number of ether oxygens (including phenoxy) is 1. The van der Waals surface area contributed by atoms with Crippen LogP contribution in [0.1, 0.15) is 26.2 Å². The van der Waals surface area contributed by atoms with Crippen molar-refractivity contribution in [2.75, 3.05) is 26.3 Å². The van der Waals surface area contributed by atoms with Gasteiger partial charge in [0.15, 0.2) is 0 Å². The molecule has 1 N–H and O–H groups in total. The summed E-state index contributed by atoms with van der Waals surface area (Å²) in [6.07, 6.45) is 2.68. The molecule has 0 saturated carbocycles. The summed E-state index contributed by atoms with van der Waals surface area (Å²) in [6.45, 7) is 4.14. The highest BCUT2D eigenvalue weighted by atomic mass is 16.5. The molecule has 2 unspecified atom stereocenters. The number of carbonyl (C=O) groups excluding carboxylic acids is 1. The highest BCUT2D eigenvalue weighted by Crippen LogP contribution is 2.35. The minimum atomic E-state index is -0.742. The molecule has 2 saturated heterocycles. The quantitative estimate of drug-likeness (QED) is 0.798. The lowest BCUT2D eigenvalue weighted by Gasteiger charge is -2.39. The van der Waals surface area contributed by atoms with Gasteiger partial charge in [-0.25, -0.2) is 0 Å². The maximum atomic E-state index is 11.3. The number of nitrogens with zero attached hydrogens (tertiary/aromatic N) is 1. The van der Waals surface area contributed by atoms with Crippen LogP contribution in [-0.2, 0) is 14.3 Å². The molecular formula is C13H21NO4. The number of hydrogen-bond donors (Lipinski definition) is 1. The van der Waals surface area contributed by atoms with E-state index in [9.17, 15) is 14.7 Å². The van der Waals surface area contributed by atoms with Gasteiger partial charge in [-0.1, -0.05) is 0 Å². The Balaban J connectivity index is 1.94. The topological polar surface area (TPSA) is 66.8 Å². The first-order valence-corrected chi connectivity index (χ1v) is 6.65. The van der Waals surface area contributed by atoms with Crippen LogP contribution in [0.4, 0.5) is 0 Å². The van der Waals surface area contributed by atoms with Crippen molar-refractivity contribution in [1.82, 2.24) is 4.90 Å². The van der Waals surface area contributed by atoms with Gasteiger partial charge >= 0.3 is 5.97 Å². The molecule has 0 radical (unpaired) electrons. The van der Waals surface area contributed by atoms with Crippen molar-refractivity contribution in [2.45, 2.75) is 26.2 Å². The molecule has 1 amide bonds. The Hall–Kier alpha value is -1.10. The number of hydrogen-bond acceptors (Lipinski definition) is 3. The standard InChI is InChI=1S/C13H21NO4/c1-9(15)14-5-2-10(3-6-14)11-4-7-18-8-12(11)13(16)17/h10-12H,2-8H2,1H3,(H,16,17). The summed E-state index contributed by atoms with van der Waals surface area (Å²) < 4.78 is 5.28. The zero-order chi connectivity index (χ0) is 13.1. The first kappa shape index (κ1) is 13.3. The third-order valence-corrected chi connectivity index (χ3v) is 4.32. The lowest BCUT2D eigenvalue weighted by molar-refractivity contribution is -0.152. The maximum absolute atomic E-state index is 11.3. The van der Waals surface area contributed by atoms with Crippen LogP contribution in [0.2, 0.25) is 0 Å². The second kappa shape index (κ2) is 5.69. The van der Waals surface area contributed by atoms with Crippen molar-refractivity contribution in [2.24, 2.45) is 17.8 Å². The number of carboxylic acid groups (broad SMARTS) is 1. The van der Waals surface area contributed by atoms with Gasteiger partial charge < -0.3 is 14.7 Å². The van der Waals surface area contributed by atoms with E-state index in [1.54, 1.807) is 6.92 Å². The fraction of sp³-hybridized carbons (Fsp3) is 0.846. The van der Waals surface area contributed by atoms with E-state index in [4.69, 9.17) is 4.74 Å². The molecule has 2 aliphatic heterocycles. The van der Waals surface area contributed by atoms with Crippen molar-refractivity contribution in [1.29, 1.82) is 0 Å². The number of aliphatic carboxylic acids is 1. The Bertz CT molecular complexity index is 323. The van der Waals surface area contributed by atoms with E-state index >= 15 is 0 Å². The highest BCUT2D eigenvalue weighted by Gasteiger charge is 2.38. The summed E-state index contributed by atoms with van der Waals surface area (Å²) in [5, 5.41) is 9.23. The number of amides is 1. The molecule has 2 heterocycles. The zero-order valence-electron chi connectivity index (χ0n) is 10.8. The Morgan fingerprint density at radius 2 is 1.89 bits per heavy atom. The monoisotopic (exact) mass is 255 g/mol. The van der Waals surface area contributed by atoms with Crippen LogP contribution in [0.3, 0.4) is 0 Å². The van der Waals surface area contributed by atoms with Crippen LogP contribution in [0.15, 0.2) is 0 Å². The van der Waals surface area contributed by atoms with Crippen LogP contribution in [0.25, 0.3) is 0 Å². The Morgan fingerprint density at radius 1 is 1.22 bits per heavy atom. The molecule has 102 valence electrons. The van der Waals surface area contributed by atoms with Crippen molar-refractivity contribution >= 4 is 11.9 Å². The molecule has 2 fully saturated rings. The molecule has 18 heavy (non-hydrogen) atoms. The summed E-state index contributed by atoms with van der Waals surface area (Å²) in [5.41, 5.74) is 0. The summed E-state index contributed by atoms with van der Waals surface area (Å²) in [5.74, 6) is -0.354. The van der Waals surface area contributed by atoms with Crippen molar-refractivity contribution in [3.8, 4) is 0 Å². The number of likely N-dealkylation sites (tertiary alicyclic amines) is 1. The van der Waals surface area contributed by atoms with Gasteiger partial charge in [-0.2, -0.15) is 0 Å². The first-order valence-electron chi connectivity index (χ1n) is 6.65. The molecule has 0 aromatic carbocycles. The molecule has 0 aromatic heterocycles. The van der Waals surface area contributed by atoms with E-state index < -0.39 is 5.97 Å². The van der Waals surface area contributed by atoms with Gasteiger partial charge in [0, 0.05) is 26.6 Å². The van der Waals surface area contributed by atoms with Crippen LogP contribution < -0.4 is 0 Å². The molecule has 5 nitrogen and oxygen atoms in total. The fourth-order valence-electron chi connectivity index (χ4n) is 3.22. The highest BCUT2D eigenvalue weighted by molar-refractivity contribution is 5.73. The minimum absolute atomic E-state index is 0.121. The summed E-state index contributed by atoms with van der Waals surface area (Å²) in [4.78, 5) is 24.4. The summed E-state index contributed by atoms with van der Waals surface area (Å²) >= 11 is 0. The largest absolute Gasteiger partial charge is 0.481 e. The van der Waals surface area contributed by atoms with Crippen LogP contribution in [-0.4, -0.2) is 48.2 Å². The average Bonchev–Trinajstić information content (AvgIpc) is 2.39. The molecule has 2 rings (SSSR count). The van der Waals surface area contributed by atoms with E-state index in [-0.39, 0.29) is 17.7 Å². The maximum Gasteiger partial charge on any atom is 0.309 e. The third kappa shape index (κ3) is 2.83. The van der Waals surface area contributed by atoms with E-state index in [1.165, 1.54) is 0 Å². The molecular weight excluding hydrogens is 234 g/mol. The van der Waals surface area contributed by atoms with Gasteiger partial charge in [-0.15, -0.1) is 0 Å². The van der Waals surface area contributed by atoms with Gasteiger partial charge in [0.05, 0.1) is 12.5 Å². The number of carbonyl (C=O) groups is 2. The molecule has 2 atom stereocenters. The van der Waals surface area contributed by atoms with Crippen molar-refractivity contribution in [3.05, 3.63) is 0 Å². The molecule has 0 bridgehead atoms. The predicted molar refractivity (Wildman–Crippen MR) is 65.0 cm³/mol. The predicted octanol–water partition coefficient (Wildman–Crippen LogP) is 0.982. The third-order valence-electron chi connectivity index (χ3n) is 4.32. The van der Waals surface area contributed by atoms with E-state index in [0.29, 0.717) is 19.1 Å². The van der Waals surface area contributed by atoms with Crippen LogP contribution in [0.5, 0.6) is 0 Å². The van der Waals surface area contributed by atoms with Crippen LogP contribution >= 0.6 is 0 Å². The summed E-state index contributed by atoms with van der Waals surface area (Å²) in [7, 11) is 0. The molecule has 0 aromatic rings. The van der Waals surface area contributed by atoms with Gasteiger partial charge in [-0.3, -0.25) is 9.59 Å². The van der Waals surface area contributed by atoms with Gasteiger partial charge in [0.2, 0.25) is 5.91 Å². The van der Waals surface area contributed by atoms with Crippen molar-refractivity contribution in [3.63, 3.8) is 0 Å². The molecule has 2 aliphatic rings. The Morgan fingerprint density at radius 3 is 2.44 bits per heavy atom. The minimum Gasteiger partial charge on any atom is -0.481 e. The molecule has 0 aliphatic carbocycles. The van der Waals surface area contributed by atoms with E-state index in [2.05, 4.69) is 0 Å². The lowest BCUT2D eigenvalue weighted by Crippen LogP contribution is -2.44. The SMILES string of the molecule is CC(=O)N1CCC(C2CCOCC2C(=O)O)CC1. The first-order chi connectivity index (χ1) is 8.59. The van der Waals surface area contributed by atoms with Gasteiger partial charge in [0.1, 0.15) is 0 Å². The number of carboxylic acids is 1. The smallest absolute Gasteiger partial charge is 0.309 e. The fourth-order valence-corrected chi connectivity index (χ4v) is 3.22. The average molecular weight is 255 g/mol. The van der Waals surface area contributed by atoms with Crippen molar-refractivity contribution < 1.29 is 19.4 Å². The molecule has 5 heteroatoms. The van der Waals surface area contributed by atoms with Gasteiger partial charge in [-0.05, 0) is 31.1 Å². The second-order valence-corrected chi connectivity index (χ2v) is 5.32.